The van der Waals surface area contributed by atoms with Gasteiger partial charge in [0.1, 0.15) is 5.82 Å². The Bertz CT molecular complexity index is 905. The van der Waals surface area contributed by atoms with Gasteiger partial charge < -0.3 is 10.6 Å². The van der Waals surface area contributed by atoms with Gasteiger partial charge in [0.2, 0.25) is 0 Å². The highest BCUT2D eigenvalue weighted by Crippen LogP contribution is 2.12. The van der Waals surface area contributed by atoms with Crippen LogP contribution >= 0.6 is 0 Å². The second-order valence-electron chi connectivity index (χ2n) is 6.19. The molecule has 3 aromatic heterocycles. The number of guanidine groups is 1. The number of hydrogen-bond acceptors (Lipinski definition) is 4. The molecule has 3 heterocycles. The lowest BCUT2D eigenvalue weighted by Gasteiger charge is -2.11. The maximum atomic E-state index is 4.70. The van der Waals surface area contributed by atoms with Crippen LogP contribution in [0.2, 0.25) is 0 Å². The van der Waals surface area contributed by atoms with Crippen molar-refractivity contribution in [2.75, 3.05) is 13.1 Å². The van der Waals surface area contributed by atoms with Crippen LogP contribution in [0.5, 0.6) is 0 Å². The lowest BCUT2D eigenvalue weighted by Crippen LogP contribution is -2.38. The van der Waals surface area contributed by atoms with Gasteiger partial charge in [0.05, 0.1) is 12.2 Å². The molecule has 138 valence electrons. The van der Waals surface area contributed by atoms with E-state index in [0.717, 1.165) is 48.3 Å². The largest absolute Gasteiger partial charge is 0.357 e. The van der Waals surface area contributed by atoms with E-state index >= 15 is 0 Å². The molecule has 8 heteroatoms. The minimum Gasteiger partial charge on any atom is -0.357 e. The van der Waals surface area contributed by atoms with E-state index in [1.54, 1.807) is 0 Å². The number of rotatable bonds is 6. The molecule has 0 aliphatic carbocycles. The maximum absolute atomic E-state index is 4.70. The Labute approximate surface area is 153 Å². The predicted octanol–water partition coefficient (Wildman–Crippen LogP) is 1.38. The molecule has 0 fully saturated rings. The van der Waals surface area contributed by atoms with E-state index < -0.39 is 0 Å². The van der Waals surface area contributed by atoms with Crippen molar-refractivity contribution in [2.45, 2.75) is 33.7 Å². The Hall–Kier alpha value is -2.90. The van der Waals surface area contributed by atoms with E-state index in [1.807, 2.05) is 47.4 Å². The third-order valence-electron chi connectivity index (χ3n) is 4.42. The van der Waals surface area contributed by atoms with Crippen LogP contribution in [-0.2, 0) is 20.0 Å². The Balaban J connectivity index is 1.63. The highest BCUT2D eigenvalue weighted by atomic mass is 15.3. The lowest BCUT2D eigenvalue weighted by atomic mass is 10.2. The monoisotopic (exact) mass is 354 g/mol. The number of pyridine rings is 1. The molecular formula is C18H26N8. The number of nitrogens with one attached hydrogen (secondary N) is 2. The minimum atomic E-state index is 0.606. The van der Waals surface area contributed by atoms with Crippen molar-refractivity contribution < 1.29 is 0 Å². The number of fused-ring (bicyclic) bond motifs is 1. The van der Waals surface area contributed by atoms with Gasteiger partial charge in [-0.2, -0.15) is 5.10 Å². The summed E-state index contributed by atoms with van der Waals surface area (Å²) >= 11 is 0. The molecule has 0 saturated carbocycles. The third-order valence-corrected chi connectivity index (χ3v) is 4.42. The van der Waals surface area contributed by atoms with Crippen LogP contribution in [0.4, 0.5) is 0 Å². The molecular weight excluding hydrogens is 328 g/mol. The van der Waals surface area contributed by atoms with Gasteiger partial charge in [-0.05, 0) is 32.9 Å². The molecule has 0 amide bonds. The van der Waals surface area contributed by atoms with Crippen molar-refractivity contribution >= 4 is 11.6 Å². The van der Waals surface area contributed by atoms with Gasteiger partial charge in [-0.3, -0.25) is 9.08 Å². The number of hydrogen-bond donors (Lipinski definition) is 2. The van der Waals surface area contributed by atoms with E-state index in [9.17, 15) is 0 Å². The molecule has 0 aliphatic heterocycles. The molecule has 8 nitrogen and oxygen atoms in total. The summed E-state index contributed by atoms with van der Waals surface area (Å²) in [4.78, 5) is 4.70. The van der Waals surface area contributed by atoms with Gasteiger partial charge in [-0.15, -0.1) is 10.2 Å². The third kappa shape index (κ3) is 3.84. The second kappa shape index (κ2) is 7.99. The molecule has 0 aliphatic rings. The molecule has 2 N–H and O–H groups in total. The normalized spacial score (nSPS) is 11.9. The van der Waals surface area contributed by atoms with Gasteiger partial charge in [-0.25, -0.2) is 4.99 Å². The fourth-order valence-corrected chi connectivity index (χ4v) is 2.90. The van der Waals surface area contributed by atoms with Crippen LogP contribution in [0.3, 0.4) is 0 Å². The van der Waals surface area contributed by atoms with Crippen molar-refractivity contribution in [3.05, 3.63) is 47.2 Å². The maximum Gasteiger partial charge on any atom is 0.191 e. The van der Waals surface area contributed by atoms with Crippen LogP contribution in [0.1, 0.15) is 29.7 Å². The highest BCUT2D eigenvalue weighted by Gasteiger charge is 2.09. The van der Waals surface area contributed by atoms with Gasteiger partial charge in [0.25, 0.3) is 0 Å². The number of aryl methyl sites for hydroxylation is 2. The molecule has 0 spiro atoms. The van der Waals surface area contributed by atoms with Crippen molar-refractivity contribution in [3.8, 4) is 0 Å². The van der Waals surface area contributed by atoms with Crippen LogP contribution < -0.4 is 10.6 Å². The number of aliphatic imine (C=N–C) groups is 1. The van der Waals surface area contributed by atoms with Crippen molar-refractivity contribution in [2.24, 2.45) is 12.0 Å². The van der Waals surface area contributed by atoms with E-state index in [2.05, 4.69) is 39.8 Å². The smallest absolute Gasteiger partial charge is 0.191 e. The van der Waals surface area contributed by atoms with Crippen molar-refractivity contribution in [1.29, 1.82) is 0 Å². The van der Waals surface area contributed by atoms with E-state index in [0.29, 0.717) is 6.54 Å². The fourth-order valence-electron chi connectivity index (χ4n) is 2.90. The summed E-state index contributed by atoms with van der Waals surface area (Å²) in [6.45, 7) is 8.30. The Morgan fingerprint density at radius 2 is 2.04 bits per heavy atom. The highest BCUT2D eigenvalue weighted by molar-refractivity contribution is 5.79. The average molecular weight is 354 g/mol. The summed E-state index contributed by atoms with van der Waals surface area (Å²) < 4.78 is 3.91. The van der Waals surface area contributed by atoms with Gasteiger partial charge >= 0.3 is 0 Å². The lowest BCUT2D eigenvalue weighted by molar-refractivity contribution is 0.729. The van der Waals surface area contributed by atoms with Crippen LogP contribution in [0.25, 0.3) is 5.65 Å². The Morgan fingerprint density at radius 3 is 2.77 bits per heavy atom. The molecule has 0 bridgehead atoms. The first kappa shape index (κ1) is 17.9. The second-order valence-corrected chi connectivity index (χ2v) is 6.19. The summed E-state index contributed by atoms with van der Waals surface area (Å²) in [7, 11) is 1.96. The van der Waals surface area contributed by atoms with Crippen LogP contribution in [0.15, 0.2) is 29.4 Å². The molecule has 0 atom stereocenters. The molecule has 0 aromatic carbocycles. The summed E-state index contributed by atoms with van der Waals surface area (Å²) in [5, 5.41) is 19.5. The molecule has 3 rings (SSSR count). The average Bonchev–Trinajstić information content (AvgIpc) is 3.14. The predicted molar refractivity (Wildman–Crippen MR) is 102 cm³/mol. The van der Waals surface area contributed by atoms with Gasteiger partial charge in [-0.1, -0.05) is 6.07 Å². The minimum absolute atomic E-state index is 0.606. The van der Waals surface area contributed by atoms with Crippen molar-refractivity contribution in [1.82, 2.24) is 35.0 Å². The molecule has 0 saturated heterocycles. The summed E-state index contributed by atoms with van der Waals surface area (Å²) in [5.74, 6) is 1.73. The summed E-state index contributed by atoms with van der Waals surface area (Å²) in [6, 6.07) is 5.90. The number of nitrogens with zero attached hydrogens (tertiary/aromatic N) is 6. The first-order valence-electron chi connectivity index (χ1n) is 8.90. The number of aromatic nitrogens is 5. The zero-order valence-electron chi connectivity index (χ0n) is 15.8. The SMILES string of the molecule is CCNC(=NCc1c(C)nn(C)c1C)NCCc1nnc2ccccn12. The van der Waals surface area contributed by atoms with Gasteiger partial charge in [0.15, 0.2) is 11.6 Å². The molecule has 0 radical (unpaired) electrons. The van der Waals surface area contributed by atoms with E-state index in [1.165, 1.54) is 5.56 Å². The van der Waals surface area contributed by atoms with E-state index in [-0.39, 0.29) is 0 Å². The summed E-state index contributed by atoms with van der Waals surface area (Å²) in [6.07, 6.45) is 2.75. The Morgan fingerprint density at radius 1 is 1.19 bits per heavy atom. The zero-order valence-corrected chi connectivity index (χ0v) is 15.8. The molecule has 26 heavy (non-hydrogen) atoms. The van der Waals surface area contributed by atoms with Crippen LogP contribution in [0, 0.1) is 13.8 Å². The summed E-state index contributed by atoms with van der Waals surface area (Å²) in [5.41, 5.74) is 4.22. The topological polar surface area (TPSA) is 84.4 Å². The zero-order chi connectivity index (χ0) is 18.5. The van der Waals surface area contributed by atoms with Gasteiger partial charge in [0, 0.05) is 44.0 Å². The van der Waals surface area contributed by atoms with E-state index in [4.69, 9.17) is 4.99 Å². The first-order chi connectivity index (χ1) is 12.6. The molecule has 0 unspecified atom stereocenters. The van der Waals surface area contributed by atoms with Crippen molar-refractivity contribution in [3.63, 3.8) is 0 Å². The Kier molecular flexibility index (Phi) is 5.50. The fraction of sp³-hybridized carbons (Fsp3) is 0.444. The standard InChI is InChI=1S/C18H26N8/c1-5-19-18(21-12-15-13(2)24-25(4)14(15)3)20-10-9-17-23-22-16-8-6-7-11-26(16)17/h6-8,11H,5,9-10,12H2,1-4H3,(H2,19,20,21). The van der Waals surface area contributed by atoms with Crippen LogP contribution in [-0.4, -0.2) is 43.4 Å². The first-order valence-corrected chi connectivity index (χ1v) is 8.90. The quantitative estimate of drug-likeness (QED) is 0.516. The molecule has 3 aromatic rings.